The van der Waals surface area contributed by atoms with E-state index < -0.39 is 0 Å². The Labute approximate surface area is 147 Å². The van der Waals surface area contributed by atoms with E-state index in [1.54, 1.807) is 36.2 Å². The van der Waals surface area contributed by atoms with Gasteiger partial charge in [-0.05, 0) is 36.6 Å². The summed E-state index contributed by atoms with van der Waals surface area (Å²) in [6, 6.07) is 9.00. The predicted octanol–water partition coefficient (Wildman–Crippen LogP) is 4.29. The molecule has 0 spiro atoms. The van der Waals surface area contributed by atoms with Gasteiger partial charge in [0.15, 0.2) is 0 Å². The first-order valence-corrected chi connectivity index (χ1v) is 8.80. The van der Waals surface area contributed by atoms with Crippen molar-refractivity contribution in [1.29, 1.82) is 0 Å². The molecule has 7 heteroatoms. The Morgan fingerprint density at radius 3 is 2.87 bits per heavy atom. The number of benzene rings is 1. The highest BCUT2D eigenvalue weighted by Gasteiger charge is 2.12. The van der Waals surface area contributed by atoms with Gasteiger partial charge in [-0.1, -0.05) is 23.2 Å². The van der Waals surface area contributed by atoms with E-state index in [9.17, 15) is 4.79 Å². The number of halogens is 2. The minimum absolute atomic E-state index is 0.221. The molecule has 23 heavy (non-hydrogen) atoms. The molecular weight excluding hydrogens is 353 g/mol. The van der Waals surface area contributed by atoms with E-state index in [0.29, 0.717) is 22.2 Å². The van der Waals surface area contributed by atoms with Crippen molar-refractivity contribution < 1.29 is 4.79 Å². The summed E-state index contributed by atoms with van der Waals surface area (Å²) >= 11 is 13.6. The van der Waals surface area contributed by atoms with E-state index >= 15 is 0 Å². The molecule has 0 saturated heterocycles. The van der Waals surface area contributed by atoms with Crippen LogP contribution in [0.5, 0.6) is 0 Å². The molecule has 0 saturated carbocycles. The van der Waals surface area contributed by atoms with Gasteiger partial charge < -0.3 is 9.72 Å². The highest BCUT2D eigenvalue weighted by atomic mass is 35.5. The number of amides is 1. The Bertz CT molecular complexity index is 879. The van der Waals surface area contributed by atoms with Gasteiger partial charge in [0.05, 0.1) is 27.8 Å². The molecule has 3 rings (SSSR count). The summed E-state index contributed by atoms with van der Waals surface area (Å²) in [5.41, 5.74) is 1.99. The first-order chi connectivity index (χ1) is 11.1. The Morgan fingerprint density at radius 1 is 1.26 bits per heavy atom. The zero-order valence-corrected chi connectivity index (χ0v) is 14.5. The molecule has 2 heterocycles. The smallest absolute Gasteiger partial charge is 0.253 e. The molecule has 1 amide bonds. The van der Waals surface area contributed by atoms with Crippen LogP contribution >= 0.6 is 35.0 Å². The number of pyridine rings is 1. The van der Waals surface area contributed by atoms with E-state index in [1.165, 1.54) is 0 Å². The van der Waals surface area contributed by atoms with Crippen molar-refractivity contribution in [2.75, 3.05) is 6.26 Å². The number of rotatable bonds is 4. The fourth-order valence-electron chi connectivity index (χ4n) is 2.17. The lowest BCUT2D eigenvalue weighted by Gasteiger charge is -2.07. The maximum atomic E-state index is 12.3. The fourth-order valence-corrected chi connectivity index (χ4v) is 2.99. The molecule has 118 valence electrons. The van der Waals surface area contributed by atoms with Gasteiger partial charge in [0, 0.05) is 17.3 Å². The van der Waals surface area contributed by atoms with Gasteiger partial charge >= 0.3 is 0 Å². The standard InChI is InChI=1S/C16H13Cl2N3OS/c1-23-12-3-4-14(18)13(6-12)16(22)19-7-11-9-21-8-10(17)2-5-15(21)20-11/h2-6,8-9H,7H2,1H3,(H,19,22). The zero-order chi connectivity index (χ0) is 16.4. The van der Waals surface area contributed by atoms with Crippen LogP contribution in [-0.2, 0) is 6.54 Å². The minimum atomic E-state index is -0.221. The number of carbonyl (C=O) groups is 1. The van der Waals surface area contributed by atoms with Crippen molar-refractivity contribution in [1.82, 2.24) is 14.7 Å². The second-order valence-electron chi connectivity index (χ2n) is 4.87. The van der Waals surface area contributed by atoms with Crippen LogP contribution in [0.25, 0.3) is 5.65 Å². The second-order valence-corrected chi connectivity index (χ2v) is 6.60. The molecule has 4 nitrogen and oxygen atoms in total. The summed E-state index contributed by atoms with van der Waals surface area (Å²) in [5.74, 6) is -0.221. The van der Waals surface area contributed by atoms with Crippen molar-refractivity contribution in [3.8, 4) is 0 Å². The molecule has 1 aromatic carbocycles. The number of hydrogen-bond acceptors (Lipinski definition) is 3. The summed E-state index contributed by atoms with van der Waals surface area (Å²) in [6.07, 6.45) is 5.56. The summed E-state index contributed by atoms with van der Waals surface area (Å²) in [5, 5.41) is 3.90. The molecule has 0 radical (unpaired) electrons. The van der Waals surface area contributed by atoms with E-state index in [-0.39, 0.29) is 5.91 Å². The van der Waals surface area contributed by atoms with Gasteiger partial charge in [-0.25, -0.2) is 4.98 Å². The van der Waals surface area contributed by atoms with Crippen LogP contribution in [0.3, 0.4) is 0 Å². The van der Waals surface area contributed by atoms with Gasteiger partial charge in [-0.15, -0.1) is 11.8 Å². The van der Waals surface area contributed by atoms with Crippen molar-refractivity contribution >= 4 is 46.5 Å². The van der Waals surface area contributed by atoms with E-state index in [1.807, 2.05) is 29.0 Å². The van der Waals surface area contributed by atoms with E-state index in [0.717, 1.165) is 16.2 Å². The maximum Gasteiger partial charge on any atom is 0.253 e. The van der Waals surface area contributed by atoms with Crippen molar-refractivity contribution in [2.45, 2.75) is 11.4 Å². The molecular formula is C16H13Cl2N3OS. The highest BCUT2D eigenvalue weighted by molar-refractivity contribution is 7.98. The largest absolute Gasteiger partial charge is 0.346 e. The van der Waals surface area contributed by atoms with Gasteiger partial charge in [-0.2, -0.15) is 0 Å². The first-order valence-electron chi connectivity index (χ1n) is 6.81. The van der Waals surface area contributed by atoms with Crippen LogP contribution in [-0.4, -0.2) is 21.5 Å². The van der Waals surface area contributed by atoms with E-state index in [2.05, 4.69) is 10.3 Å². The fraction of sp³-hybridized carbons (Fsp3) is 0.125. The minimum Gasteiger partial charge on any atom is -0.346 e. The molecule has 0 aliphatic rings. The molecule has 0 fully saturated rings. The van der Waals surface area contributed by atoms with Gasteiger partial charge in [0.1, 0.15) is 5.65 Å². The SMILES string of the molecule is CSc1ccc(Cl)c(C(=O)NCc2cn3cc(Cl)ccc3n2)c1. The Kier molecular flexibility index (Phi) is 4.80. The molecule has 0 unspecified atom stereocenters. The van der Waals surface area contributed by atoms with Crippen LogP contribution in [0.1, 0.15) is 16.1 Å². The average Bonchev–Trinajstić information content (AvgIpc) is 2.95. The molecule has 1 N–H and O–H groups in total. The number of thioether (sulfide) groups is 1. The Morgan fingerprint density at radius 2 is 2.09 bits per heavy atom. The quantitative estimate of drug-likeness (QED) is 0.701. The first kappa shape index (κ1) is 16.2. The lowest BCUT2D eigenvalue weighted by atomic mass is 10.2. The molecule has 3 aromatic rings. The maximum absolute atomic E-state index is 12.3. The monoisotopic (exact) mass is 365 g/mol. The zero-order valence-electron chi connectivity index (χ0n) is 12.2. The number of fused-ring (bicyclic) bond motifs is 1. The van der Waals surface area contributed by atoms with Gasteiger partial charge in [0.2, 0.25) is 0 Å². The van der Waals surface area contributed by atoms with Crippen LogP contribution in [0.15, 0.2) is 47.6 Å². The average molecular weight is 366 g/mol. The van der Waals surface area contributed by atoms with Gasteiger partial charge in [-0.3, -0.25) is 4.79 Å². The third-order valence-electron chi connectivity index (χ3n) is 3.31. The summed E-state index contributed by atoms with van der Waals surface area (Å²) in [6.45, 7) is 0.317. The number of aromatic nitrogens is 2. The molecule has 0 aliphatic heterocycles. The Balaban J connectivity index is 1.75. The molecule has 0 atom stereocenters. The lowest BCUT2D eigenvalue weighted by Crippen LogP contribution is -2.23. The third-order valence-corrected chi connectivity index (χ3v) is 4.59. The molecule has 2 aromatic heterocycles. The Hall–Kier alpha value is -1.69. The highest BCUT2D eigenvalue weighted by Crippen LogP contribution is 2.23. The van der Waals surface area contributed by atoms with Crippen LogP contribution in [0.4, 0.5) is 0 Å². The number of nitrogens with one attached hydrogen (secondary N) is 1. The van der Waals surface area contributed by atoms with E-state index in [4.69, 9.17) is 23.2 Å². The summed E-state index contributed by atoms with van der Waals surface area (Å²) in [4.78, 5) is 17.7. The number of hydrogen-bond donors (Lipinski definition) is 1. The van der Waals surface area contributed by atoms with Crippen LogP contribution in [0.2, 0.25) is 10.0 Å². The summed E-state index contributed by atoms with van der Waals surface area (Å²) < 4.78 is 1.82. The normalized spacial score (nSPS) is 10.9. The number of nitrogens with zero attached hydrogens (tertiary/aromatic N) is 2. The number of carbonyl (C=O) groups excluding carboxylic acids is 1. The van der Waals surface area contributed by atoms with Crippen molar-refractivity contribution in [3.63, 3.8) is 0 Å². The lowest BCUT2D eigenvalue weighted by molar-refractivity contribution is 0.0950. The third kappa shape index (κ3) is 3.63. The van der Waals surface area contributed by atoms with Crippen LogP contribution in [0, 0.1) is 0 Å². The molecule has 0 bridgehead atoms. The van der Waals surface area contributed by atoms with Crippen molar-refractivity contribution in [3.05, 3.63) is 64.0 Å². The predicted molar refractivity (Wildman–Crippen MR) is 94.6 cm³/mol. The van der Waals surface area contributed by atoms with Crippen molar-refractivity contribution in [2.24, 2.45) is 0 Å². The molecule has 0 aliphatic carbocycles. The summed E-state index contributed by atoms with van der Waals surface area (Å²) in [7, 11) is 0. The second kappa shape index (κ2) is 6.83. The number of imidazole rings is 1. The van der Waals surface area contributed by atoms with Gasteiger partial charge in [0.25, 0.3) is 5.91 Å². The topological polar surface area (TPSA) is 46.4 Å². The van der Waals surface area contributed by atoms with Crippen LogP contribution < -0.4 is 5.32 Å².